The number of hydrogen-bond donors (Lipinski definition) is 1. The van der Waals surface area contributed by atoms with Gasteiger partial charge in [0.05, 0.1) is 33.0 Å². The lowest BCUT2D eigenvalue weighted by Crippen LogP contribution is -2.08. The van der Waals surface area contributed by atoms with Crippen LogP contribution in [-0.2, 0) is 6.61 Å². The van der Waals surface area contributed by atoms with Gasteiger partial charge >= 0.3 is 0 Å². The molecular weight excluding hydrogens is 332 g/mol. The Kier molecular flexibility index (Phi) is 7.02. The second-order valence-corrected chi connectivity index (χ2v) is 6.16. The minimum atomic E-state index is -0.0692. The molecule has 1 aliphatic rings. The van der Waals surface area contributed by atoms with Crippen LogP contribution in [0.1, 0.15) is 31.2 Å². The van der Waals surface area contributed by atoms with E-state index < -0.39 is 0 Å². The van der Waals surface area contributed by atoms with Gasteiger partial charge in [0.15, 0.2) is 23.0 Å². The van der Waals surface area contributed by atoms with Crippen LogP contribution >= 0.6 is 0 Å². The van der Waals surface area contributed by atoms with Crippen molar-refractivity contribution in [3.05, 3.63) is 48.0 Å². The number of hydrogen-bond acceptors (Lipinski definition) is 5. The molecule has 0 bridgehead atoms. The number of fused-ring (bicyclic) bond motifs is 2. The molecule has 0 aromatic heterocycles. The molecule has 5 nitrogen and oxygen atoms in total. The van der Waals surface area contributed by atoms with Gasteiger partial charge in [0, 0.05) is 5.56 Å². The monoisotopic (exact) mass is 358 g/mol. The Labute approximate surface area is 154 Å². The van der Waals surface area contributed by atoms with Crippen LogP contribution < -0.4 is 18.9 Å². The molecule has 5 heteroatoms. The molecule has 2 aromatic rings. The zero-order chi connectivity index (χ0) is 18.0. The van der Waals surface area contributed by atoms with Crippen molar-refractivity contribution in [2.24, 2.45) is 0 Å². The average Bonchev–Trinajstić information content (AvgIpc) is 2.67. The second kappa shape index (κ2) is 9.92. The standard InChI is InChI=1S/C21H26O5/c22-16-17-8-7-11-20-21(17)26-15-6-5-13-24-19-10-2-1-9-18(19)23-12-3-4-14-25-20/h1-2,7-11,22H,3-6,12-16H2. The molecule has 26 heavy (non-hydrogen) atoms. The van der Waals surface area contributed by atoms with Crippen LogP contribution in [0.15, 0.2) is 42.5 Å². The lowest BCUT2D eigenvalue weighted by atomic mass is 10.2. The van der Waals surface area contributed by atoms with E-state index in [1.807, 2.05) is 42.5 Å². The Morgan fingerprint density at radius 3 is 1.69 bits per heavy atom. The first-order chi connectivity index (χ1) is 12.9. The fourth-order valence-corrected chi connectivity index (χ4v) is 2.78. The van der Waals surface area contributed by atoms with Gasteiger partial charge in [-0.3, -0.25) is 0 Å². The molecule has 2 aromatic carbocycles. The predicted octanol–water partition coefficient (Wildman–Crippen LogP) is 3.97. The molecule has 0 aliphatic carbocycles. The molecule has 0 saturated heterocycles. The Balaban J connectivity index is 1.66. The average molecular weight is 358 g/mol. The van der Waals surface area contributed by atoms with Crippen molar-refractivity contribution in [3.63, 3.8) is 0 Å². The number of aliphatic hydroxyl groups excluding tert-OH is 1. The topological polar surface area (TPSA) is 57.2 Å². The van der Waals surface area contributed by atoms with Gasteiger partial charge in [-0.2, -0.15) is 0 Å². The molecule has 0 fully saturated rings. The lowest BCUT2D eigenvalue weighted by molar-refractivity contribution is 0.217. The van der Waals surface area contributed by atoms with Crippen molar-refractivity contribution in [3.8, 4) is 23.0 Å². The third kappa shape index (κ3) is 5.05. The van der Waals surface area contributed by atoms with E-state index in [0.29, 0.717) is 37.9 Å². The van der Waals surface area contributed by atoms with Crippen LogP contribution in [0.25, 0.3) is 0 Å². The molecule has 0 unspecified atom stereocenters. The molecule has 140 valence electrons. The Morgan fingerprint density at radius 2 is 1.12 bits per heavy atom. The van der Waals surface area contributed by atoms with Gasteiger partial charge in [-0.15, -0.1) is 0 Å². The summed E-state index contributed by atoms with van der Waals surface area (Å²) in [7, 11) is 0. The summed E-state index contributed by atoms with van der Waals surface area (Å²) < 4.78 is 23.5. The maximum absolute atomic E-state index is 9.55. The van der Waals surface area contributed by atoms with Crippen LogP contribution in [0.5, 0.6) is 23.0 Å². The molecule has 1 aliphatic heterocycles. The van der Waals surface area contributed by atoms with Crippen LogP contribution in [0.3, 0.4) is 0 Å². The first-order valence-electron chi connectivity index (χ1n) is 9.21. The first kappa shape index (κ1) is 18.4. The van der Waals surface area contributed by atoms with Gasteiger partial charge in [0.25, 0.3) is 0 Å². The Morgan fingerprint density at radius 1 is 0.615 bits per heavy atom. The molecule has 0 radical (unpaired) electrons. The maximum atomic E-state index is 9.55. The fourth-order valence-electron chi connectivity index (χ4n) is 2.78. The molecule has 0 spiro atoms. The minimum Gasteiger partial charge on any atom is -0.490 e. The van der Waals surface area contributed by atoms with Crippen molar-refractivity contribution in [1.29, 1.82) is 0 Å². The van der Waals surface area contributed by atoms with E-state index in [2.05, 4.69) is 0 Å². The van der Waals surface area contributed by atoms with Gasteiger partial charge in [-0.25, -0.2) is 0 Å². The van der Waals surface area contributed by atoms with E-state index in [-0.39, 0.29) is 6.61 Å². The molecule has 0 saturated carbocycles. The highest BCUT2D eigenvalue weighted by Crippen LogP contribution is 2.32. The SMILES string of the molecule is OCc1cccc2c1OCCCCOc1ccccc1OCCCCO2. The third-order valence-electron chi connectivity index (χ3n) is 4.18. The molecular formula is C21H26O5. The quantitative estimate of drug-likeness (QED) is 0.836. The third-order valence-corrected chi connectivity index (χ3v) is 4.18. The van der Waals surface area contributed by atoms with Crippen LogP contribution in [-0.4, -0.2) is 31.5 Å². The van der Waals surface area contributed by atoms with Gasteiger partial charge < -0.3 is 24.1 Å². The van der Waals surface area contributed by atoms with Gasteiger partial charge in [0.1, 0.15) is 0 Å². The normalized spacial score (nSPS) is 16.0. The zero-order valence-electron chi connectivity index (χ0n) is 15.0. The minimum absolute atomic E-state index is 0.0692. The predicted molar refractivity (Wildman–Crippen MR) is 99.3 cm³/mol. The summed E-state index contributed by atoms with van der Waals surface area (Å²) in [5, 5.41) is 9.55. The van der Waals surface area contributed by atoms with Crippen molar-refractivity contribution in [2.75, 3.05) is 26.4 Å². The largest absolute Gasteiger partial charge is 0.490 e. The molecule has 0 atom stereocenters. The number of para-hydroxylation sites is 3. The Bertz CT molecular complexity index is 686. The van der Waals surface area contributed by atoms with Crippen LogP contribution in [0.4, 0.5) is 0 Å². The van der Waals surface area contributed by atoms with Gasteiger partial charge in [0.2, 0.25) is 0 Å². The number of rotatable bonds is 1. The zero-order valence-corrected chi connectivity index (χ0v) is 15.0. The molecule has 3 rings (SSSR count). The number of ether oxygens (including phenoxy) is 4. The fraction of sp³-hybridized carbons (Fsp3) is 0.429. The molecule has 1 N–H and O–H groups in total. The molecule has 1 heterocycles. The van der Waals surface area contributed by atoms with Gasteiger partial charge in [-0.1, -0.05) is 24.3 Å². The van der Waals surface area contributed by atoms with Crippen LogP contribution in [0, 0.1) is 0 Å². The smallest absolute Gasteiger partial charge is 0.166 e. The van der Waals surface area contributed by atoms with Crippen molar-refractivity contribution >= 4 is 0 Å². The Hall–Kier alpha value is -2.40. The highest BCUT2D eigenvalue weighted by molar-refractivity contribution is 5.46. The van der Waals surface area contributed by atoms with Crippen LogP contribution in [0.2, 0.25) is 0 Å². The van der Waals surface area contributed by atoms with Crippen molar-refractivity contribution in [1.82, 2.24) is 0 Å². The van der Waals surface area contributed by atoms with Crippen molar-refractivity contribution < 1.29 is 24.1 Å². The highest BCUT2D eigenvalue weighted by Gasteiger charge is 2.11. The van der Waals surface area contributed by atoms with E-state index in [1.165, 1.54) is 0 Å². The summed E-state index contributed by atoms with van der Waals surface area (Å²) in [4.78, 5) is 0. The van der Waals surface area contributed by atoms with E-state index in [0.717, 1.165) is 42.7 Å². The van der Waals surface area contributed by atoms with Gasteiger partial charge in [-0.05, 0) is 43.9 Å². The summed E-state index contributed by atoms with van der Waals surface area (Å²) in [6.45, 7) is 2.28. The summed E-state index contributed by atoms with van der Waals surface area (Å²) >= 11 is 0. The summed E-state index contributed by atoms with van der Waals surface area (Å²) in [6, 6.07) is 13.4. The molecule has 0 amide bonds. The van der Waals surface area contributed by atoms with Crippen molar-refractivity contribution in [2.45, 2.75) is 32.3 Å². The second-order valence-electron chi connectivity index (χ2n) is 6.16. The van der Waals surface area contributed by atoms with E-state index in [1.54, 1.807) is 0 Å². The van der Waals surface area contributed by atoms with E-state index in [9.17, 15) is 5.11 Å². The number of benzene rings is 2. The first-order valence-corrected chi connectivity index (χ1v) is 9.21. The van der Waals surface area contributed by atoms with E-state index >= 15 is 0 Å². The maximum Gasteiger partial charge on any atom is 0.166 e. The summed E-state index contributed by atoms with van der Waals surface area (Å²) in [5.41, 5.74) is 0.747. The highest BCUT2D eigenvalue weighted by atomic mass is 16.5. The lowest BCUT2D eigenvalue weighted by Gasteiger charge is -2.17. The summed E-state index contributed by atoms with van der Waals surface area (Å²) in [5.74, 6) is 2.90. The summed E-state index contributed by atoms with van der Waals surface area (Å²) in [6.07, 6.45) is 3.46. The number of aliphatic hydroxyl groups is 1. The van der Waals surface area contributed by atoms with E-state index in [4.69, 9.17) is 18.9 Å².